The van der Waals surface area contributed by atoms with Gasteiger partial charge in [0.05, 0.1) is 8.80 Å². The molecule has 0 aliphatic carbocycles. The molecular formula is C22H21N3Si. The van der Waals surface area contributed by atoms with Gasteiger partial charge in [-0.2, -0.15) is 5.10 Å². The number of hydrogen-bond acceptors (Lipinski definition) is 2. The second-order valence-electron chi connectivity index (χ2n) is 6.49. The highest BCUT2D eigenvalue weighted by atomic mass is 28.3. The molecule has 0 radical (unpaired) electrons. The Morgan fingerprint density at radius 1 is 0.731 bits per heavy atom. The summed E-state index contributed by atoms with van der Waals surface area (Å²) in [5, 5.41) is 5.78. The monoisotopic (exact) mass is 355 g/mol. The standard InChI is InChI=1S/C22H21N3Si/c1-3-7-20(8-4-1)21-13-11-19(12-14-21)15-26(18-25-17-23-16-24-25)22-9-5-2-6-10-22/h1-14,16-17,26H,15,18H2. The summed E-state index contributed by atoms with van der Waals surface area (Å²) in [5.41, 5.74) is 3.92. The van der Waals surface area contributed by atoms with Crippen LogP contribution in [0.15, 0.2) is 97.6 Å². The van der Waals surface area contributed by atoms with E-state index in [1.165, 1.54) is 21.9 Å². The molecule has 1 heterocycles. The zero-order chi connectivity index (χ0) is 17.6. The molecule has 4 aromatic rings. The number of rotatable bonds is 6. The fourth-order valence-corrected chi connectivity index (χ4v) is 6.14. The van der Waals surface area contributed by atoms with E-state index < -0.39 is 8.80 Å². The van der Waals surface area contributed by atoms with Gasteiger partial charge in [0.25, 0.3) is 0 Å². The van der Waals surface area contributed by atoms with Gasteiger partial charge in [-0.15, -0.1) is 0 Å². The molecule has 1 atom stereocenters. The van der Waals surface area contributed by atoms with Crippen molar-refractivity contribution in [3.63, 3.8) is 0 Å². The summed E-state index contributed by atoms with van der Waals surface area (Å²) in [6, 6.07) is 31.5. The summed E-state index contributed by atoms with van der Waals surface area (Å²) in [5.74, 6) is 0. The molecule has 0 saturated heterocycles. The van der Waals surface area contributed by atoms with Crippen molar-refractivity contribution in [1.29, 1.82) is 0 Å². The maximum Gasteiger partial charge on any atom is 0.137 e. The Hall–Kier alpha value is -2.98. The Balaban J connectivity index is 1.55. The minimum Gasteiger partial charge on any atom is -0.256 e. The normalized spacial score (nSPS) is 12.0. The first-order chi connectivity index (χ1) is 12.9. The number of hydrogen-bond donors (Lipinski definition) is 0. The van der Waals surface area contributed by atoms with Crippen LogP contribution >= 0.6 is 0 Å². The molecule has 0 fully saturated rings. The third kappa shape index (κ3) is 3.98. The number of nitrogens with zero attached hydrogens (tertiary/aromatic N) is 3. The van der Waals surface area contributed by atoms with Crippen LogP contribution in [-0.4, -0.2) is 23.6 Å². The lowest BCUT2D eigenvalue weighted by Crippen LogP contribution is -2.37. The Morgan fingerprint density at radius 2 is 1.38 bits per heavy atom. The molecule has 128 valence electrons. The fourth-order valence-electron chi connectivity index (χ4n) is 3.31. The summed E-state index contributed by atoms with van der Waals surface area (Å²) in [6.07, 6.45) is 4.40. The first kappa shape index (κ1) is 16.5. The van der Waals surface area contributed by atoms with E-state index in [2.05, 4.69) is 95.0 Å². The number of benzene rings is 3. The molecule has 0 aliphatic rings. The number of aromatic nitrogens is 3. The van der Waals surface area contributed by atoms with Gasteiger partial charge >= 0.3 is 0 Å². The lowest BCUT2D eigenvalue weighted by atomic mass is 10.0. The van der Waals surface area contributed by atoms with E-state index in [-0.39, 0.29) is 0 Å². The highest BCUT2D eigenvalue weighted by Crippen LogP contribution is 2.19. The van der Waals surface area contributed by atoms with Crippen molar-refractivity contribution in [3.8, 4) is 11.1 Å². The van der Waals surface area contributed by atoms with E-state index in [0.717, 1.165) is 12.2 Å². The van der Waals surface area contributed by atoms with E-state index in [4.69, 9.17) is 0 Å². The van der Waals surface area contributed by atoms with Gasteiger partial charge < -0.3 is 0 Å². The molecular weight excluding hydrogens is 334 g/mol. The van der Waals surface area contributed by atoms with Gasteiger partial charge in [0, 0.05) is 6.17 Å². The van der Waals surface area contributed by atoms with Crippen molar-refractivity contribution < 1.29 is 0 Å². The lowest BCUT2D eigenvalue weighted by molar-refractivity contribution is 0.729. The van der Waals surface area contributed by atoms with Crippen LogP contribution < -0.4 is 5.19 Å². The van der Waals surface area contributed by atoms with Crippen LogP contribution in [0.3, 0.4) is 0 Å². The second kappa shape index (κ2) is 7.93. The van der Waals surface area contributed by atoms with Crippen LogP contribution in [0.5, 0.6) is 0 Å². The molecule has 0 N–H and O–H groups in total. The molecule has 0 amide bonds. The Bertz CT molecular complexity index is 920. The molecule has 1 unspecified atom stereocenters. The molecule has 0 spiro atoms. The third-order valence-electron chi connectivity index (χ3n) is 4.69. The molecule has 26 heavy (non-hydrogen) atoms. The molecule has 0 aliphatic heterocycles. The molecule has 4 heteroatoms. The van der Waals surface area contributed by atoms with E-state index in [0.29, 0.717) is 0 Å². The zero-order valence-corrected chi connectivity index (χ0v) is 15.7. The second-order valence-corrected chi connectivity index (χ2v) is 9.33. The molecule has 0 saturated carbocycles. The Labute approximate surface area is 155 Å². The van der Waals surface area contributed by atoms with Gasteiger partial charge in [-0.25, -0.2) is 4.98 Å². The van der Waals surface area contributed by atoms with E-state index in [1.54, 1.807) is 6.33 Å². The van der Waals surface area contributed by atoms with Crippen LogP contribution in [0, 0.1) is 0 Å². The Kier molecular flexibility index (Phi) is 5.03. The zero-order valence-electron chi connectivity index (χ0n) is 14.6. The minimum atomic E-state index is -1.24. The smallest absolute Gasteiger partial charge is 0.137 e. The van der Waals surface area contributed by atoms with Crippen LogP contribution in [-0.2, 0) is 12.2 Å². The van der Waals surface area contributed by atoms with Gasteiger partial charge in [0.2, 0.25) is 0 Å². The fraction of sp³-hybridized carbons (Fsp3) is 0.0909. The molecule has 3 nitrogen and oxygen atoms in total. The van der Waals surface area contributed by atoms with Crippen molar-refractivity contribution in [3.05, 3.63) is 103 Å². The van der Waals surface area contributed by atoms with Crippen molar-refractivity contribution in [2.45, 2.75) is 12.2 Å². The molecule has 3 aromatic carbocycles. The van der Waals surface area contributed by atoms with Crippen molar-refractivity contribution in [2.75, 3.05) is 0 Å². The van der Waals surface area contributed by atoms with Crippen LogP contribution in [0.25, 0.3) is 11.1 Å². The first-order valence-corrected chi connectivity index (χ1v) is 11.1. The summed E-state index contributed by atoms with van der Waals surface area (Å²) in [7, 11) is -1.24. The first-order valence-electron chi connectivity index (χ1n) is 8.90. The summed E-state index contributed by atoms with van der Waals surface area (Å²) < 4.78 is 1.97. The lowest BCUT2D eigenvalue weighted by Gasteiger charge is -2.16. The largest absolute Gasteiger partial charge is 0.256 e. The van der Waals surface area contributed by atoms with Crippen molar-refractivity contribution >= 4 is 14.0 Å². The van der Waals surface area contributed by atoms with Crippen molar-refractivity contribution in [2.24, 2.45) is 0 Å². The SMILES string of the molecule is c1ccc(-c2ccc(C[SiH](Cn3cncn3)c3ccccc3)cc2)cc1. The summed E-state index contributed by atoms with van der Waals surface area (Å²) in [4.78, 5) is 4.10. The van der Waals surface area contributed by atoms with E-state index in [9.17, 15) is 0 Å². The predicted molar refractivity (Wildman–Crippen MR) is 109 cm³/mol. The average Bonchev–Trinajstić information content (AvgIpc) is 3.23. The van der Waals surface area contributed by atoms with Crippen LogP contribution in [0.1, 0.15) is 5.56 Å². The van der Waals surface area contributed by atoms with Gasteiger partial charge in [-0.05, 0) is 17.2 Å². The van der Waals surface area contributed by atoms with E-state index >= 15 is 0 Å². The predicted octanol–water partition coefficient (Wildman–Crippen LogP) is 3.40. The topological polar surface area (TPSA) is 30.7 Å². The summed E-state index contributed by atoms with van der Waals surface area (Å²) >= 11 is 0. The van der Waals surface area contributed by atoms with Gasteiger partial charge in [-0.1, -0.05) is 95.7 Å². The van der Waals surface area contributed by atoms with Crippen molar-refractivity contribution in [1.82, 2.24) is 14.8 Å². The average molecular weight is 356 g/mol. The third-order valence-corrected chi connectivity index (χ3v) is 7.79. The quantitative estimate of drug-likeness (QED) is 0.496. The van der Waals surface area contributed by atoms with Crippen LogP contribution in [0.4, 0.5) is 0 Å². The molecule has 1 aromatic heterocycles. The highest BCUT2D eigenvalue weighted by molar-refractivity contribution is 6.71. The van der Waals surface area contributed by atoms with Crippen LogP contribution in [0.2, 0.25) is 0 Å². The summed E-state index contributed by atoms with van der Waals surface area (Å²) in [6.45, 7) is 0. The van der Waals surface area contributed by atoms with Gasteiger partial charge in [0.1, 0.15) is 12.7 Å². The van der Waals surface area contributed by atoms with Gasteiger partial charge in [-0.3, -0.25) is 4.68 Å². The highest BCUT2D eigenvalue weighted by Gasteiger charge is 2.16. The minimum absolute atomic E-state index is 0.963. The molecule has 4 rings (SSSR count). The maximum absolute atomic E-state index is 4.32. The molecule has 0 bridgehead atoms. The van der Waals surface area contributed by atoms with E-state index in [1.807, 2.05) is 11.0 Å². The van der Waals surface area contributed by atoms with Gasteiger partial charge in [0.15, 0.2) is 0 Å². The Morgan fingerprint density at radius 3 is 2.04 bits per heavy atom. The maximum atomic E-state index is 4.32.